The smallest absolute Gasteiger partial charge is 0.156 e. The molecule has 0 N–H and O–H groups in total. The number of fused-ring (bicyclic) bond motifs is 14. The van der Waals surface area contributed by atoms with E-state index in [0.717, 1.165) is 78.7 Å². The molecule has 0 amide bonds. The molecule has 2 aliphatic rings. The van der Waals surface area contributed by atoms with Crippen LogP contribution in [0.4, 0.5) is 0 Å². The van der Waals surface area contributed by atoms with Crippen molar-refractivity contribution in [3.05, 3.63) is 204 Å². The maximum absolute atomic E-state index is 7.38. The van der Waals surface area contributed by atoms with Crippen molar-refractivity contribution in [3.63, 3.8) is 0 Å². The van der Waals surface area contributed by atoms with E-state index in [9.17, 15) is 0 Å². The number of hydrogen-bond donors (Lipinski definition) is 0. The lowest BCUT2D eigenvalue weighted by Gasteiger charge is -2.45. The van der Waals surface area contributed by atoms with Gasteiger partial charge in [0.25, 0.3) is 0 Å². The Kier molecular flexibility index (Phi) is 5.67. The van der Waals surface area contributed by atoms with Gasteiger partial charge < -0.3 is 18.6 Å². The first-order valence-corrected chi connectivity index (χ1v) is 18.1. The molecular formula is C49H30N2O2. The highest BCUT2D eigenvalue weighted by Crippen LogP contribution is 2.62. The van der Waals surface area contributed by atoms with Crippen LogP contribution in [0.3, 0.4) is 0 Å². The highest BCUT2D eigenvalue weighted by Gasteiger charge is 2.51. The zero-order chi connectivity index (χ0) is 34.7. The van der Waals surface area contributed by atoms with Crippen LogP contribution in [-0.4, -0.2) is 9.13 Å². The predicted octanol–water partition coefficient (Wildman–Crippen LogP) is 12.5. The van der Waals surface area contributed by atoms with Gasteiger partial charge in [0, 0.05) is 55.6 Å². The van der Waals surface area contributed by atoms with E-state index in [1.165, 1.54) is 21.5 Å². The first kappa shape index (κ1) is 28.6. The Morgan fingerprint density at radius 2 is 0.792 bits per heavy atom. The Morgan fingerprint density at radius 1 is 0.340 bits per heavy atom. The van der Waals surface area contributed by atoms with Gasteiger partial charge >= 0.3 is 0 Å². The number of ether oxygens (including phenoxy) is 2. The van der Waals surface area contributed by atoms with Crippen LogP contribution in [0.15, 0.2) is 182 Å². The van der Waals surface area contributed by atoms with E-state index in [4.69, 9.17) is 9.47 Å². The van der Waals surface area contributed by atoms with Gasteiger partial charge in [-0.15, -0.1) is 0 Å². The summed E-state index contributed by atoms with van der Waals surface area (Å²) in [5.41, 5.74) is 10.3. The average Bonchev–Trinajstić information content (AvgIpc) is 3.73. The molecule has 0 bridgehead atoms. The van der Waals surface area contributed by atoms with Gasteiger partial charge in [-0.2, -0.15) is 0 Å². The van der Waals surface area contributed by atoms with Crippen molar-refractivity contribution in [2.45, 2.75) is 5.41 Å². The molecule has 1 spiro atoms. The van der Waals surface area contributed by atoms with Crippen LogP contribution in [-0.2, 0) is 5.41 Å². The molecule has 2 aromatic heterocycles. The third-order valence-corrected chi connectivity index (χ3v) is 11.4. The lowest BCUT2D eigenvalue weighted by molar-refractivity contribution is 0.398. The summed E-state index contributed by atoms with van der Waals surface area (Å²) < 4.78 is 18.8. The maximum atomic E-state index is 7.38. The first-order chi connectivity index (χ1) is 26.3. The number of rotatable bonds is 2. The zero-order valence-electron chi connectivity index (χ0n) is 28.5. The summed E-state index contributed by atoms with van der Waals surface area (Å²) >= 11 is 0. The summed E-state index contributed by atoms with van der Waals surface area (Å²) in [5, 5.41) is 4.87. The number of aromatic nitrogens is 2. The molecule has 4 nitrogen and oxygen atoms in total. The van der Waals surface area contributed by atoms with Crippen LogP contribution < -0.4 is 9.47 Å². The fraction of sp³-hybridized carbons (Fsp3) is 0.0204. The van der Waals surface area contributed by atoms with E-state index in [1.54, 1.807) is 0 Å². The summed E-state index contributed by atoms with van der Waals surface area (Å²) in [5.74, 6) is 3.34. The van der Waals surface area contributed by atoms with Crippen LogP contribution in [0.5, 0.6) is 23.0 Å². The fourth-order valence-electron chi connectivity index (χ4n) is 9.36. The molecule has 0 fully saturated rings. The third kappa shape index (κ3) is 3.69. The van der Waals surface area contributed by atoms with Crippen molar-refractivity contribution in [2.24, 2.45) is 0 Å². The van der Waals surface area contributed by atoms with Crippen LogP contribution in [0.1, 0.15) is 22.3 Å². The second kappa shape index (κ2) is 10.5. The normalized spacial score (nSPS) is 13.7. The van der Waals surface area contributed by atoms with Crippen molar-refractivity contribution in [1.82, 2.24) is 9.13 Å². The molecule has 53 heavy (non-hydrogen) atoms. The maximum Gasteiger partial charge on any atom is 0.156 e. The molecule has 0 unspecified atom stereocenters. The molecule has 2 aliphatic heterocycles. The molecule has 0 saturated carbocycles. The number of para-hydroxylation sites is 7. The Hall–Kier alpha value is -7.04. The molecule has 8 aromatic carbocycles. The number of benzene rings is 8. The molecular weight excluding hydrogens is 649 g/mol. The fourth-order valence-corrected chi connectivity index (χ4v) is 9.36. The standard InChI is InChI=1S/C49H30N2O2/c1-7-21-40-32(14-1)33-15-2-8-22-41(33)50(40)31-28-29-38-47(30-31)53-48-39(49(38)36-18-5-11-26-45(36)52-46-27-12-6-19-37(46)49)20-13-25-44(48)51-42-23-9-3-16-34(42)35-17-4-10-24-43(35)51/h1-30H. The van der Waals surface area contributed by atoms with Crippen LogP contribution in [0.25, 0.3) is 55.0 Å². The number of nitrogens with zero attached hydrogens (tertiary/aromatic N) is 2. The van der Waals surface area contributed by atoms with Crippen molar-refractivity contribution in [3.8, 4) is 34.4 Å². The molecule has 12 rings (SSSR count). The van der Waals surface area contributed by atoms with E-state index in [1.807, 2.05) is 0 Å². The monoisotopic (exact) mass is 678 g/mol. The first-order valence-electron chi connectivity index (χ1n) is 18.1. The topological polar surface area (TPSA) is 28.3 Å². The molecule has 10 aromatic rings. The van der Waals surface area contributed by atoms with Crippen molar-refractivity contribution >= 4 is 43.6 Å². The second-order valence-corrected chi connectivity index (χ2v) is 14.0. The van der Waals surface area contributed by atoms with Crippen molar-refractivity contribution in [1.29, 1.82) is 0 Å². The van der Waals surface area contributed by atoms with E-state index in [2.05, 4.69) is 191 Å². The van der Waals surface area contributed by atoms with E-state index < -0.39 is 5.41 Å². The Morgan fingerprint density at radius 3 is 1.36 bits per heavy atom. The van der Waals surface area contributed by atoms with Gasteiger partial charge in [0.15, 0.2) is 5.75 Å². The van der Waals surface area contributed by atoms with Gasteiger partial charge in [-0.1, -0.05) is 127 Å². The van der Waals surface area contributed by atoms with Crippen LogP contribution >= 0.6 is 0 Å². The average molecular weight is 679 g/mol. The largest absolute Gasteiger partial charge is 0.457 e. The molecule has 0 aliphatic carbocycles. The Balaban J connectivity index is 1.22. The Bertz CT molecular complexity index is 2990. The lowest BCUT2D eigenvalue weighted by Crippen LogP contribution is -2.37. The van der Waals surface area contributed by atoms with Crippen molar-refractivity contribution < 1.29 is 9.47 Å². The van der Waals surface area contributed by atoms with Gasteiger partial charge in [-0.05, 0) is 48.5 Å². The van der Waals surface area contributed by atoms with Gasteiger partial charge in [0.2, 0.25) is 0 Å². The summed E-state index contributed by atoms with van der Waals surface area (Å²) in [6, 6.07) is 65.0. The predicted molar refractivity (Wildman–Crippen MR) is 214 cm³/mol. The zero-order valence-corrected chi connectivity index (χ0v) is 28.5. The van der Waals surface area contributed by atoms with Gasteiger partial charge in [-0.3, -0.25) is 0 Å². The van der Waals surface area contributed by atoms with Crippen LogP contribution in [0, 0.1) is 0 Å². The molecule has 0 radical (unpaired) electrons. The quantitative estimate of drug-likeness (QED) is 0.182. The van der Waals surface area contributed by atoms with Gasteiger partial charge in [0.05, 0.1) is 33.2 Å². The van der Waals surface area contributed by atoms with Crippen molar-refractivity contribution in [2.75, 3.05) is 0 Å². The highest BCUT2D eigenvalue weighted by molar-refractivity contribution is 6.10. The van der Waals surface area contributed by atoms with E-state index in [-0.39, 0.29) is 0 Å². The summed E-state index contributed by atoms with van der Waals surface area (Å²) in [4.78, 5) is 0. The van der Waals surface area contributed by atoms with Crippen LogP contribution in [0.2, 0.25) is 0 Å². The molecule has 0 atom stereocenters. The number of hydrogen-bond acceptors (Lipinski definition) is 2. The van der Waals surface area contributed by atoms with Gasteiger partial charge in [-0.25, -0.2) is 0 Å². The Labute approximate surface area is 305 Å². The molecule has 248 valence electrons. The van der Waals surface area contributed by atoms with E-state index in [0.29, 0.717) is 0 Å². The van der Waals surface area contributed by atoms with E-state index >= 15 is 0 Å². The molecule has 4 heterocycles. The minimum absolute atomic E-state index is 0.720. The second-order valence-electron chi connectivity index (χ2n) is 14.0. The molecule has 0 saturated heterocycles. The summed E-state index contributed by atoms with van der Waals surface area (Å²) in [6.07, 6.45) is 0. The molecule has 4 heteroatoms. The summed E-state index contributed by atoms with van der Waals surface area (Å²) in [6.45, 7) is 0. The minimum Gasteiger partial charge on any atom is -0.457 e. The minimum atomic E-state index is -0.720. The summed E-state index contributed by atoms with van der Waals surface area (Å²) in [7, 11) is 0. The SMILES string of the molecule is c1ccc2c(c1)Oc1ccccc1C21c2ccc(-n3c4ccccc4c4ccccc43)cc2Oc2c(-n3c4ccccc4c4ccccc43)cccc21. The third-order valence-electron chi connectivity index (χ3n) is 11.4. The highest BCUT2D eigenvalue weighted by atomic mass is 16.5. The van der Waals surface area contributed by atoms with Gasteiger partial charge in [0.1, 0.15) is 17.2 Å². The lowest BCUT2D eigenvalue weighted by atomic mass is 9.62.